The summed E-state index contributed by atoms with van der Waals surface area (Å²) in [5.41, 5.74) is -0.937. The van der Waals surface area contributed by atoms with E-state index in [0.29, 0.717) is 0 Å². The molecule has 0 saturated carbocycles. The second kappa shape index (κ2) is 9.52. The van der Waals surface area contributed by atoms with Gasteiger partial charge in [-0.15, -0.1) is 0 Å². The summed E-state index contributed by atoms with van der Waals surface area (Å²) in [5.74, 6) is -2.98. The minimum Gasteiger partial charge on any atom is -0.488 e. The molecule has 2 aromatic carbocycles. The Bertz CT molecular complexity index is 995. The van der Waals surface area contributed by atoms with Gasteiger partial charge >= 0.3 is 6.09 Å². The number of hydrogen-bond acceptors (Lipinski definition) is 6. The molecule has 0 bridgehead atoms. The molecule has 0 fully saturated rings. The van der Waals surface area contributed by atoms with E-state index in [-0.39, 0.29) is 17.9 Å². The van der Waals surface area contributed by atoms with Gasteiger partial charge in [0.2, 0.25) is 5.96 Å². The quantitative estimate of drug-likeness (QED) is 0.524. The van der Waals surface area contributed by atoms with Crippen molar-refractivity contribution in [2.24, 2.45) is 0 Å². The Morgan fingerprint density at radius 2 is 1.80 bits per heavy atom. The summed E-state index contributed by atoms with van der Waals surface area (Å²) in [7, 11) is 0. The number of nitrogens with one attached hydrogen (secondary N) is 3. The third kappa shape index (κ3) is 6.31. The summed E-state index contributed by atoms with van der Waals surface area (Å²) in [6, 6.07) is 13.1. The average Bonchev–Trinajstić information content (AvgIpc) is 2.65. The number of benzene rings is 2. The van der Waals surface area contributed by atoms with Crippen molar-refractivity contribution in [2.75, 3.05) is 0 Å². The van der Waals surface area contributed by atoms with Crippen molar-refractivity contribution >= 4 is 18.0 Å². The number of nitriles is 1. The van der Waals surface area contributed by atoms with E-state index < -0.39 is 34.9 Å². The monoisotopic (exact) mass is 412 g/mol. The topological polar surface area (TPSA) is 124 Å². The number of guanidine groups is 1. The highest BCUT2D eigenvalue weighted by molar-refractivity contribution is 6.09. The van der Waals surface area contributed by atoms with Gasteiger partial charge in [-0.1, -0.05) is 30.3 Å². The molecule has 9 heteroatoms. The highest BCUT2D eigenvalue weighted by Gasteiger charge is 2.24. The molecule has 2 aromatic rings. The summed E-state index contributed by atoms with van der Waals surface area (Å²) in [4.78, 5) is 24.3. The van der Waals surface area contributed by atoms with Crippen molar-refractivity contribution in [3.63, 3.8) is 0 Å². The number of rotatable bonds is 4. The Hall–Kier alpha value is -3.93. The van der Waals surface area contributed by atoms with Gasteiger partial charge in [0.05, 0.1) is 5.56 Å². The maximum absolute atomic E-state index is 14.7. The number of hydrogen-bond donors (Lipinski definition) is 3. The number of carbonyl (C=O) groups is 2. The van der Waals surface area contributed by atoms with E-state index in [1.54, 1.807) is 51.1 Å². The number of alkyl carbamates (subject to hydrolysis) is 1. The van der Waals surface area contributed by atoms with E-state index in [2.05, 4.69) is 0 Å². The normalized spacial score (nSPS) is 10.5. The molecule has 156 valence electrons. The van der Waals surface area contributed by atoms with Gasteiger partial charge in [0.15, 0.2) is 5.82 Å². The first kappa shape index (κ1) is 22.4. The first-order valence-electron chi connectivity index (χ1n) is 8.90. The zero-order valence-corrected chi connectivity index (χ0v) is 16.7. The molecule has 0 aromatic heterocycles. The number of carbonyl (C=O) groups excluding carboxylic acids is 2. The van der Waals surface area contributed by atoms with Crippen LogP contribution in [0.1, 0.15) is 42.3 Å². The fourth-order valence-electron chi connectivity index (χ4n) is 2.32. The van der Waals surface area contributed by atoms with E-state index in [1.165, 1.54) is 12.1 Å². The standard InChI is InChI=1S/C21H21FN4O4/c1-21(2,3)30-20(28)26-19(24)25-18(27)16-15(10-9-14(11-23)17(16)22)29-12-13-7-5-4-6-8-13/h4-10H,12H2,1-3H3,(H3,24,25,26,27,28). The van der Waals surface area contributed by atoms with Crippen LogP contribution < -0.4 is 15.4 Å². The van der Waals surface area contributed by atoms with Crippen LogP contribution in [0.25, 0.3) is 0 Å². The maximum Gasteiger partial charge on any atom is 0.414 e. The summed E-state index contributed by atoms with van der Waals surface area (Å²) in [6.07, 6.45) is -0.959. The third-order valence-electron chi connectivity index (χ3n) is 3.55. The van der Waals surface area contributed by atoms with Crippen LogP contribution in [-0.4, -0.2) is 23.6 Å². The van der Waals surface area contributed by atoms with Gasteiger partial charge in [0, 0.05) is 0 Å². The Kier molecular flexibility index (Phi) is 7.09. The van der Waals surface area contributed by atoms with Crippen LogP contribution in [0.5, 0.6) is 5.75 Å². The molecule has 3 N–H and O–H groups in total. The van der Waals surface area contributed by atoms with Crippen LogP contribution in [-0.2, 0) is 11.3 Å². The lowest BCUT2D eigenvalue weighted by Gasteiger charge is -2.20. The number of halogens is 1. The molecule has 0 aliphatic rings. The molecule has 0 heterocycles. The van der Waals surface area contributed by atoms with Gasteiger partial charge in [0.1, 0.15) is 29.6 Å². The summed E-state index contributed by atoms with van der Waals surface area (Å²) in [6.45, 7) is 4.95. The fourth-order valence-corrected chi connectivity index (χ4v) is 2.32. The lowest BCUT2D eigenvalue weighted by molar-refractivity contribution is 0.0561. The van der Waals surface area contributed by atoms with Gasteiger partial charge in [-0.2, -0.15) is 5.26 Å². The van der Waals surface area contributed by atoms with Crippen molar-refractivity contribution in [2.45, 2.75) is 33.0 Å². The zero-order valence-electron chi connectivity index (χ0n) is 16.7. The van der Waals surface area contributed by atoms with Gasteiger partial charge in [-0.25, -0.2) is 9.18 Å². The minimum absolute atomic E-state index is 0.0556. The Balaban J connectivity index is 2.19. The van der Waals surface area contributed by atoms with Crippen LogP contribution in [0.4, 0.5) is 9.18 Å². The molecule has 0 atom stereocenters. The molecule has 8 nitrogen and oxygen atoms in total. The van der Waals surface area contributed by atoms with Gasteiger partial charge in [-0.3, -0.25) is 20.8 Å². The third-order valence-corrected chi connectivity index (χ3v) is 3.55. The second-order valence-electron chi connectivity index (χ2n) is 7.14. The van der Waals surface area contributed by atoms with E-state index in [1.807, 2.05) is 16.7 Å². The van der Waals surface area contributed by atoms with Gasteiger partial charge in [0.25, 0.3) is 5.91 Å². The smallest absolute Gasteiger partial charge is 0.414 e. The fraction of sp³-hybridized carbons (Fsp3) is 0.238. The molecule has 2 amide bonds. The molecule has 0 aliphatic heterocycles. The van der Waals surface area contributed by atoms with Crippen LogP contribution in [0.3, 0.4) is 0 Å². The summed E-state index contributed by atoms with van der Waals surface area (Å²) in [5, 5.41) is 20.8. The first-order valence-corrected chi connectivity index (χ1v) is 8.90. The second-order valence-corrected chi connectivity index (χ2v) is 7.14. The summed E-state index contributed by atoms with van der Waals surface area (Å²) >= 11 is 0. The van der Waals surface area contributed by atoms with E-state index in [4.69, 9.17) is 20.1 Å². The van der Waals surface area contributed by atoms with Crippen LogP contribution in [0.2, 0.25) is 0 Å². The molecule has 0 radical (unpaired) electrons. The SMILES string of the molecule is CC(C)(C)OC(=O)NC(=N)NC(=O)c1c(OCc2ccccc2)ccc(C#N)c1F. The van der Waals surface area contributed by atoms with Crippen molar-refractivity contribution in [3.8, 4) is 11.8 Å². The number of ether oxygens (including phenoxy) is 2. The molecular formula is C21H21FN4O4. The Morgan fingerprint density at radius 1 is 1.13 bits per heavy atom. The molecule has 0 spiro atoms. The maximum atomic E-state index is 14.7. The van der Waals surface area contributed by atoms with Crippen LogP contribution in [0, 0.1) is 22.6 Å². The van der Waals surface area contributed by atoms with Crippen LogP contribution >= 0.6 is 0 Å². The average molecular weight is 412 g/mol. The minimum atomic E-state index is -1.09. The Labute approximate surface area is 173 Å². The predicted molar refractivity (Wildman–Crippen MR) is 106 cm³/mol. The van der Waals surface area contributed by atoms with Gasteiger partial charge < -0.3 is 9.47 Å². The van der Waals surface area contributed by atoms with Crippen molar-refractivity contribution in [1.82, 2.24) is 10.6 Å². The van der Waals surface area contributed by atoms with Crippen molar-refractivity contribution in [3.05, 3.63) is 65.0 Å². The van der Waals surface area contributed by atoms with E-state index in [9.17, 15) is 14.0 Å². The van der Waals surface area contributed by atoms with E-state index in [0.717, 1.165) is 5.56 Å². The molecule has 0 unspecified atom stereocenters. The predicted octanol–water partition coefficient (Wildman–Crippen LogP) is 3.47. The highest BCUT2D eigenvalue weighted by Crippen LogP contribution is 2.25. The largest absolute Gasteiger partial charge is 0.488 e. The number of amides is 2. The van der Waals surface area contributed by atoms with Crippen LogP contribution in [0.15, 0.2) is 42.5 Å². The highest BCUT2D eigenvalue weighted by atomic mass is 19.1. The zero-order chi connectivity index (χ0) is 22.3. The van der Waals surface area contributed by atoms with E-state index >= 15 is 0 Å². The lowest BCUT2D eigenvalue weighted by atomic mass is 10.1. The Morgan fingerprint density at radius 3 is 2.40 bits per heavy atom. The van der Waals surface area contributed by atoms with Crippen molar-refractivity contribution in [1.29, 1.82) is 10.7 Å². The molecule has 2 rings (SSSR count). The summed E-state index contributed by atoms with van der Waals surface area (Å²) < 4.78 is 25.2. The number of nitrogens with zero attached hydrogens (tertiary/aromatic N) is 1. The first-order chi connectivity index (χ1) is 14.1. The van der Waals surface area contributed by atoms with Gasteiger partial charge in [-0.05, 0) is 38.5 Å². The lowest BCUT2D eigenvalue weighted by Crippen LogP contribution is -2.45. The molecule has 0 aliphatic carbocycles. The van der Waals surface area contributed by atoms with Crippen molar-refractivity contribution < 1.29 is 23.5 Å². The molecular weight excluding hydrogens is 391 g/mol. The molecule has 0 saturated heterocycles. The molecule has 30 heavy (non-hydrogen) atoms.